The average molecular weight is 263 g/mol. The smallest absolute Gasteiger partial charge is 0.306 e. The summed E-state index contributed by atoms with van der Waals surface area (Å²) in [4.78, 5) is 10.9. The minimum atomic E-state index is -0.672. The van der Waals surface area contributed by atoms with E-state index in [0.29, 0.717) is 18.3 Å². The highest BCUT2D eigenvalue weighted by molar-refractivity contribution is 5.70. The van der Waals surface area contributed by atoms with E-state index in [2.05, 4.69) is 5.32 Å². The molecule has 0 atom stereocenters. The molecule has 0 heterocycles. The van der Waals surface area contributed by atoms with Gasteiger partial charge in [0.25, 0.3) is 0 Å². The molecule has 1 aromatic rings. The van der Waals surface area contributed by atoms with Gasteiger partial charge in [-0.15, -0.1) is 0 Å². The first kappa shape index (κ1) is 13.9. The largest absolute Gasteiger partial charge is 0.508 e. The van der Waals surface area contributed by atoms with Gasteiger partial charge in [-0.2, -0.15) is 0 Å². The highest BCUT2D eigenvalue weighted by Crippen LogP contribution is 2.25. The molecule has 4 heteroatoms. The van der Waals surface area contributed by atoms with E-state index in [9.17, 15) is 9.90 Å². The Balaban J connectivity index is 1.83. The van der Waals surface area contributed by atoms with Crippen molar-refractivity contribution in [3.05, 3.63) is 29.3 Å². The van der Waals surface area contributed by atoms with E-state index in [1.807, 2.05) is 19.1 Å². The number of phenols is 1. The molecule has 3 N–H and O–H groups in total. The van der Waals surface area contributed by atoms with Crippen LogP contribution >= 0.6 is 0 Å². The topological polar surface area (TPSA) is 69.6 Å². The molecule has 1 saturated carbocycles. The van der Waals surface area contributed by atoms with E-state index in [4.69, 9.17) is 5.11 Å². The van der Waals surface area contributed by atoms with Gasteiger partial charge in [0.2, 0.25) is 0 Å². The predicted octanol–water partition coefficient (Wildman–Crippen LogP) is 2.43. The third kappa shape index (κ3) is 3.70. The third-order valence-corrected chi connectivity index (χ3v) is 3.89. The number of phenolic OH excluding ortho intramolecular Hbond substituents is 1. The summed E-state index contributed by atoms with van der Waals surface area (Å²) in [5, 5.41) is 22.1. The summed E-state index contributed by atoms with van der Waals surface area (Å²) in [5.41, 5.74) is 2.03. The number of rotatable bonds is 4. The molecular formula is C15H21NO3. The van der Waals surface area contributed by atoms with Crippen molar-refractivity contribution >= 4 is 5.97 Å². The first-order valence-electron chi connectivity index (χ1n) is 6.81. The maximum atomic E-state index is 10.9. The number of aromatic hydroxyl groups is 1. The monoisotopic (exact) mass is 263 g/mol. The number of nitrogens with one attached hydrogen (secondary N) is 1. The molecule has 104 valence electrons. The molecule has 0 aromatic heterocycles. The summed E-state index contributed by atoms with van der Waals surface area (Å²) in [6, 6.07) is 5.94. The lowest BCUT2D eigenvalue weighted by Gasteiger charge is -2.27. The number of carboxylic acid groups (broad SMARTS) is 1. The number of hydrogen-bond acceptors (Lipinski definition) is 3. The van der Waals surface area contributed by atoms with Crippen molar-refractivity contribution in [1.29, 1.82) is 0 Å². The average Bonchev–Trinajstić information content (AvgIpc) is 2.40. The van der Waals surface area contributed by atoms with Crippen molar-refractivity contribution in [2.24, 2.45) is 5.92 Å². The molecule has 0 spiro atoms. The summed E-state index contributed by atoms with van der Waals surface area (Å²) in [5.74, 6) is -0.530. The maximum absolute atomic E-state index is 10.9. The van der Waals surface area contributed by atoms with Gasteiger partial charge in [0.05, 0.1) is 5.92 Å². The zero-order chi connectivity index (χ0) is 13.8. The maximum Gasteiger partial charge on any atom is 0.306 e. The van der Waals surface area contributed by atoms with Crippen LogP contribution in [0.2, 0.25) is 0 Å². The van der Waals surface area contributed by atoms with Gasteiger partial charge in [-0.05, 0) is 38.7 Å². The Hall–Kier alpha value is -1.55. The molecule has 2 rings (SSSR count). The fourth-order valence-corrected chi connectivity index (χ4v) is 2.65. The molecule has 0 bridgehead atoms. The molecule has 19 heavy (non-hydrogen) atoms. The lowest BCUT2D eigenvalue weighted by molar-refractivity contribution is -0.142. The summed E-state index contributed by atoms with van der Waals surface area (Å²) in [6.45, 7) is 2.64. The van der Waals surface area contributed by atoms with Crippen LogP contribution < -0.4 is 5.32 Å². The van der Waals surface area contributed by atoms with E-state index < -0.39 is 5.97 Å². The number of carbonyl (C=O) groups is 1. The van der Waals surface area contributed by atoms with Gasteiger partial charge in [0.1, 0.15) is 5.75 Å². The molecule has 0 amide bonds. The van der Waals surface area contributed by atoms with Gasteiger partial charge >= 0.3 is 5.97 Å². The molecule has 1 aromatic carbocycles. The van der Waals surface area contributed by atoms with Crippen molar-refractivity contribution in [2.75, 3.05) is 0 Å². The van der Waals surface area contributed by atoms with Crippen molar-refractivity contribution in [1.82, 2.24) is 5.32 Å². The minimum Gasteiger partial charge on any atom is -0.508 e. The van der Waals surface area contributed by atoms with Crippen molar-refractivity contribution < 1.29 is 15.0 Å². The van der Waals surface area contributed by atoms with Crippen LogP contribution in [0, 0.1) is 12.8 Å². The first-order chi connectivity index (χ1) is 9.06. The lowest BCUT2D eigenvalue weighted by Crippen LogP contribution is -2.34. The Kier molecular flexibility index (Phi) is 4.43. The van der Waals surface area contributed by atoms with E-state index in [1.165, 1.54) is 0 Å². The van der Waals surface area contributed by atoms with Gasteiger partial charge in [0, 0.05) is 18.2 Å². The Morgan fingerprint density at radius 1 is 1.32 bits per heavy atom. The van der Waals surface area contributed by atoms with Gasteiger partial charge in [-0.3, -0.25) is 4.79 Å². The second-order valence-electron chi connectivity index (χ2n) is 5.40. The van der Waals surface area contributed by atoms with Gasteiger partial charge < -0.3 is 15.5 Å². The van der Waals surface area contributed by atoms with Crippen molar-refractivity contribution in [3.63, 3.8) is 0 Å². The normalized spacial score (nSPS) is 23.2. The molecule has 1 aliphatic rings. The Bertz CT molecular complexity index is 451. The standard InChI is InChI=1S/C15H21NO3/c1-10-2-7-14(17)12(8-10)9-16-13-5-3-11(4-6-13)15(18)19/h2,7-8,11,13,16-17H,3-6,9H2,1H3,(H,18,19). The quantitative estimate of drug-likeness (QED) is 0.780. The molecule has 0 saturated heterocycles. The van der Waals surface area contributed by atoms with Gasteiger partial charge in [-0.25, -0.2) is 0 Å². The van der Waals surface area contributed by atoms with Crippen LogP contribution in [0.4, 0.5) is 0 Å². The van der Waals surface area contributed by atoms with Crippen LogP contribution in [0.1, 0.15) is 36.8 Å². The SMILES string of the molecule is Cc1ccc(O)c(CNC2CCC(C(=O)O)CC2)c1. The summed E-state index contributed by atoms with van der Waals surface area (Å²) in [6.07, 6.45) is 3.27. The van der Waals surface area contributed by atoms with Gasteiger partial charge in [-0.1, -0.05) is 17.7 Å². The second kappa shape index (κ2) is 6.06. The molecule has 0 radical (unpaired) electrons. The van der Waals surface area contributed by atoms with Crippen LogP contribution in [0.25, 0.3) is 0 Å². The fourth-order valence-electron chi connectivity index (χ4n) is 2.65. The van der Waals surface area contributed by atoms with Crippen LogP contribution in [0.15, 0.2) is 18.2 Å². The van der Waals surface area contributed by atoms with Crippen LogP contribution in [0.3, 0.4) is 0 Å². The highest BCUT2D eigenvalue weighted by atomic mass is 16.4. The number of aryl methyl sites for hydroxylation is 1. The number of benzene rings is 1. The molecule has 4 nitrogen and oxygen atoms in total. The number of hydrogen-bond donors (Lipinski definition) is 3. The summed E-state index contributed by atoms with van der Waals surface area (Å²) >= 11 is 0. The van der Waals surface area contributed by atoms with Crippen molar-refractivity contribution in [2.45, 2.75) is 45.2 Å². The minimum absolute atomic E-state index is 0.176. The zero-order valence-corrected chi connectivity index (χ0v) is 11.2. The van der Waals surface area contributed by atoms with E-state index in [-0.39, 0.29) is 5.92 Å². The molecule has 1 fully saturated rings. The fraction of sp³-hybridized carbons (Fsp3) is 0.533. The summed E-state index contributed by atoms with van der Waals surface area (Å²) < 4.78 is 0. The number of aliphatic carboxylic acids is 1. The lowest BCUT2D eigenvalue weighted by atomic mass is 9.86. The van der Waals surface area contributed by atoms with E-state index in [1.54, 1.807) is 6.07 Å². The molecular weight excluding hydrogens is 242 g/mol. The molecule has 1 aliphatic carbocycles. The predicted molar refractivity (Wildman–Crippen MR) is 73.1 cm³/mol. The Morgan fingerprint density at radius 3 is 2.63 bits per heavy atom. The highest BCUT2D eigenvalue weighted by Gasteiger charge is 2.25. The first-order valence-corrected chi connectivity index (χ1v) is 6.81. The van der Waals surface area contributed by atoms with E-state index >= 15 is 0 Å². The molecule has 0 aliphatic heterocycles. The van der Waals surface area contributed by atoms with Crippen molar-refractivity contribution in [3.8, 4) is 5.75 Å². The third-order valence-electron chi connectivity index (χ3n) is 3.89. The van der Waals surface area contributed by atoms with Crippen LogP contribution in [-0.4, -0.2) is 22.2 Å². The van der Waals surface area contributed by atoms with Crippen LogP contribution in [0.5, 0.6) is 5.75 Å². The van der Waals surface area contributed by atoms with E-state index in [0.717, 1.165) is 36.8 Å². The Morgan fingerprint density at radius 2 is 2.00 bits per heavy atom. The van der Waals surface area contributed by atoms with Gasteiger partial charge in [0.15, 0.2) is 0 Å². The van der Waals surface area contributed by atoms with Crippen LogP contribution in [-0.2, 0) is 11.3 Å². The zero-order valence-electron chi connectivity index (χ0n) is 11.2. The summed E-state index contributed by atoms with van der Waals surface area (Å²) in [7, 11) is 0. The molecule has 0 unspecified atom stereocenters. The Labute approximate surface area is 113 Å². The second-order valence-corrected chi connectivity index (χ2v) is 5.40. The number of carboxylic acids is 1.